The molecule has 0 spiro atoms. The van der Waals surface area contributed by atoms with Crippen LogP contribution in [0.4, 0.5) is 15.8 Å². The highest BCUT2D eigenvalue weighted by Gasteiger charge is 2.23. The van der Waals surface area contributed by atoms with Crippen LogP contribution in [0.2, 0.25) is 5.02 Å². The summed E-state index contributed by atoms with van der Waals surface area (Å²) >= 11 is 6.01. The molecule has 0 saturated heterocycles. The molecule has 1 aromatic heterocycles. The first-order chi connectivity index (χ1) is 12.4. The molecular formula is C18H15ClFN3O3. The number of nitrogens with zero attached hydrogens (tertiary/aromatic N) is 2. The van der Waals surface area contributed by atoms with Gasteiger partial charge < -0.3 is 10.4 Å². The lowest BCUT2D eigenvalue weighted by atomic mass is 10.0. The Morgan fingerprint density at radius 1 is 1.27 bits per heavy atom. The van der Waals surface area contributed by atoms with E-state index in [1.165, 1.54) is 36.7 Å². The fourth-order valence-corrected chi connectivity index (χ4v) is 3.10. The molecule has 1 heterocycles. The number of pyridine rings is 1. The van der Waals surface area contributed by atoms with Crippen molar-refractivity contribution < 1.29 is 14.4 Å². The minimum absolute atomic E-state index is 0.00190. The standard InChI is InChI=1S/C18H15ClFN3O3/c1-10(18(24)17-13(19)3-2-4-14(17)20)22-15-5-6-16(23(25)26)12-9-21-8-7-11(12)15/h2-10,18,22,24H,1H3. The van der Waals surface area contributed by atoms with Crippen molar-refractivity contribution in [2.75, 3.05) is 5.32 Å². The van der Waals surface area contributed by atoms with Crippen LogP contribution in [0, 0.1) is 15.9 Å². The second-order valence-electron chi connectivity index (χ2n) is 5.82. The van der Waals surface area contributed by atoms with Gasteiger partial charge in [-0.2, -0.15) is 0 Å². The summed E-state index contributed by atoms with van der Waals surface area (Å²) in [5, 5.41) is 25.8. The van der Waals surface area contributed by atoms with Gasteiger partial charge in [0.1, 0.15) is 11.9 Å². The third-order valence-electron chi connectivity index (χ3n) is 4.14. The summed E-state index contributed by atoms with van der Waals surface area (Å²) in [5.41, 5.74) is 0.498. The molecule has 2 atom stereocenters. The Hall–Kier alpha value is -2.77. The van der Waals surface area contributed by atoms with Crippen LogP contribution < -0.4 is 5.32 Å². The smallest absolute Gasteiger partial charge is 0.278 e. The summed E-state index contributed by atoms with van der Waals surface area (Å²) in [6.45, 7) is 1.67. The van der Waals surface area contributed by atoms with Gasteiger partial charge in [-0.3, -0.25) is 15.1 Å². The number of nitro groups is 1. The Bertz CT molecular complexity index is 963. The van der Waals surface area contributed by atoms with E-state index in [0.29, 0.717) is 16.5 Å². The van der Waals surface area contributed by atoms with Crippen LogP contribution in [0.25, 0.3) is 10.8 Å². The van der Waals surface area contributed by atoms with Crippen LogP contribution >= 0.6 is 11.6 Å². The highest BCUT2D eigenvalue weighted by atomic mass is 35.5. The summed E-state index contributed by atoms with van der Waals surface area (Å²) in [6.07, 6.45) is 1.72. The number of aliphatic hydroxyl groups excluding tert-OH is 1. The first-order valence-corrected chi connectivity index (χ1v) is 8.17. The molecule has 0 aliphatic carbocycles. The molecule has 26 heavy (non-hydrogen) atoms. The van der Waals surface area contributed by atoms with Gasteiger partial charge in [-0.05, 0) is 31.2 Å². The SMILES string of the molecule is CC(Nc1ccc([N+](=O)[O-])c2cnccc12)C(O)c1c(F)cccc1Cl. The maximum atomic E-state index is 14.0. The molecule has 6 nitrogen and oxygen atoms in total. The van der Waals surface area contributed by atoms with E-state index in [1.807, 2.05) is 0 Å². The average Bonchev–Trinajstić information content (AvgIpc) is 2.61. The molecule has 2 N–H and O–H groups in total. The number of aromatic nitrogens is 1. The Balaban J connectivity index is 1.96. The van der Waals surface area contributed by atoms with E-state index >= 15 is 0 Å². The topological polar surface area (TPSA) is 88.3 Å². The number of hydrogen-bond acceptors (Lipinski definition) is 5. The summed E-state index contributed by atoms with van der Waals surface area (Å²) < 4.78 is 14.0. The van der Waals surface area contributed by atoms with Gasteiger partial charge in [-0.15, -0.1) is 0 Å². The Labute approximate surface area is 153 Å². The third-order valence-corrected chi connectivity index (χ3v) is 4.47. The maximum absolute atomic E-state index is 14.0. The van der Waals surface area contributed by atoms with Gasteiger partial charge in [0.05, 0.1) is 16.4 Å². The molecule has 0 amide bonds. The van der Waals surface area contributed by atoms with Crippen molar-refractivity contribution in [1.82, 2.24) is 4.98 Å². The molecule has 0 aliphatic rings. The van der Waals surface area contributed by atoms with E-state index in [-0.39, 0.29) is 16.3 Å². The molecule has 3 rings (SSSR count). The predicted molar refractivity (Wildman–Crippen MR) is 97.9 cm³/mol. The number of rotatable bonds is 5. The zero-order valence-corrected chi connectivity index (χ0v) is 14.4. The molecule has 0 bridgehead atoms. The Morgan fingerprint density at radius 2 is 2.04 bits per heavy atom. The fourth-order valence-electron chi connectivity index (χ4n) is 2.83. The average molecular weight is 376 g/mol. The van der Waals surface area contributed by atoms with Crippen molar-refractivity contribution in [3.8, 4) is 0 Å². The lowest BCUT2D eigenvalue weighted by Crippen LogP contribution is -2.25. The number of non-ortho nitro benzene ring substituents is 1. The zero-order valence-electron chi connectivity index (χ0n) is 13.7. The van der Waals surface area contributed by atoms with Gasteiger partial charge >= 0.3 is 0 Å². The summed E-state index contributed by atoms with van der Waals surface area (Å²) in [7, 11) is 0. The van der Waals surface area contributed by atoms with Crippen LogP contribution in [0.5, 0.6) is 0 Å². The lowest BCUT2D eigenvalue weighted by molar-refractivity contribution is -0.383. The molecule has 0 aliphatic heterocycles. The second-order valence-corrected chi connectivity index (χ2v) is 6.23. The summed E-state index contributed by atoms with van der Waals surface area (Å²) in [6, 6.07) is 8.13. The van der Waals surface area contributed by atoms with E-state index in [1.54, 1.807) is 19.1 Å². The Kier molecular flexibility index (Phi) is 5.01. The number of fused-ring (bicyclic) bond motifs is 1. The number of halogens is 2. The van der Waals surface area contributed by atoms with E-state index in [4.69, 9.17) is 11.6 Å². The summed E-state index contributed by atoms with van der Waals surface area (Å²) in [4.78, 5) is 14.6. The minimum atomic E-state index is -1.21. The van der Waals surface area contributed by atoms with E-state index in [0.717, 1.165) is 0 Å². The van der Waals surface area contributed by atoms with Gasteiger partial charge in [-0.1, -0.05) is 17.7 Å². The van der Waals surface area contributed by atoms with Crippen LogP contribution in [-0.4, -0.2) is 21.1 Å². The van der Waals surface area contributed by atoms with Crippen molar-refractivity contribution >= 4 is 33.7 Å². The van der Waals surface area contributed by atoms with Crippen molar-refractivity contribution in [3.05, 3.63) is 75.3 Å². The van der Waals surface area contributed by atoms with Crippen LogP contribution in [-0.2, 0) is 0 Å². The Morgan fingerprint density at radius 3 is 2.73 bits per heavy atom. The first-order valence-electron chi connectivity index (χ1n) is 7.79. The molecular weight excluding hydrogens is 361 g/mol. The predicted octanol–water partition coefficient (Wildman–Crippen LogP) is 4.47. The molecule has 134 valence electrons. The van der Waals surface area contributed by atoms with Gasteiger partial charge in [0.2, 0.25) is 0 Å². The second kappa shape index (κ2) is 7.23. The van der Waals surface area contributed by atoms with Gasteiger partial charge in [0.25, 0.3) is 5.69 Å². The van der Waals surface area contributed by atoms with E-state index in [2.05, 4.69) is 10.3 Å². The fraction of sp³-hybridized carbons (Fsp3) is 0.167. The molecule has 8 heteroatoms. The monoisotopic (exact) mass is 375 g/mol. The van der Waals surface area contributed by atoms with Gasteiger partial charge in [0.15, 0.2) is 0 Å². The minimum Gasteiger partial charge on any atom is -0.386 e. The highest BCUT2D eigenvalue weighted by Crippen LogP contribution is 2.33. The number of anilines is 1. The quantitative estimate of drug-likeness (QED) is 0.507. The number of aliphatic hydroxyl groups is 1. The molecule has 0 fully saturated rings. The van der Waals surface area contributed by atoms with Crippen LogP contribution in [0.15, 0.2) is 48.8 Å². The van der Waals surface area contributed by atoms with E-state index < -0.39 is 22.9 Å². The van der Waals surface area contributed by atoms with Crippen LogP contribution in [0.1, 0.15) is 18.6 Å². The van der Waals surface area contributed by atoms with Crippen molar-refractivity contribution in [3.63, 3.8) is 0 Å². The van der Waals surface area contributed by atoms with E-state index in [9.17, 15) is 19.6 Å². The van der Waals surface area contributed by atoms with Crippen LogP contribution in [0.3, 0.4) is 0 Å². The number of nitrogens with one attached hydrogen (secondary N) is 1. The molecule has 0 radical (unpaired) electrons. The molecule has 2 unspecified atom stereocenters. The largest absolute Gasteiger partial charge is 0.386 e. The lowest BCUT2D eigenvalue weighted by Gasteiger charge is -2.23. The maximum Gasteiger partial charge on any atom is 0.278 e. The first kappa shape index (κ1) is 18.0. The van der Waals surface area contributed by atoms with Gasteiger partial charge in [0, 0.05) is 40.1 Å². The number of hydrogen-bond donors (Lipinski definition) is 2. The molecule has 2 aromatic carbocycles. The normalized spacial score (nSPS) is 13.4. The third kappa shape index (κ3) is 3.31. The van der Waals surface area contributed by atoms with Crippen molar-refractivity contribution in [2.45, 2.75) is 19.1 Å². The van der Waals surface area contributed by atoms with Crippen molar-refractivity contribution in [2.24, 2.45) is 0 Å². The van der Waals surface area contributed by atoms with Crippen molar-refractivity contribution in [1.29, 1.82) is 0 Å². The zero-order chi connectivity index (χ0) is 18.8. The molecule has 0 saturated carbocycles. The number of nitro benzene ring substituents is 1. The highest BCUT2D eigenvalue weighted by molar-refractivity contribution is 6.31. The van der Waals surface area contributed by atoms with Gasteiger partial charge in [-0.25, -0.2) is 4.39 Å². The molecule has 3 aromatic rings. The summed E-state index contributed by atoms with van der Waals surface area (Å²) in [5.74, 6) is -0.601. The number of benzene rings is 2.